The van der Waals surface area contributed by atoms with Crippen LogP contribution in [0.5, 0.6) is 0 Å². The van der Waals surface area contributed by atoms with Crippen LogP contribution in [0.1, 0.15) is 10.4 Å². The van der Waals surface area contributed by atoms with Gasteiger partial charge in [-0.05, 0) is 18.2 Å². The Morgan fingerprint density at radius 1 is 1.47 bits per heavy atom. The Morgan fingerprint density at radius 2 is 2.35 bits per heavy atom. The van der Waals surface area contributed by atoms with Crippen molar-refractivity contribution in [3.05, 3.63) is 36.2 Å². The van der Waals surface area contributed by atoms with Crippen molar-refractivity contribution in [3.8, 4) is 0 Å². The van der Waals surface area contributed by atoms with Gasteiger partial charge < -0.3 is 15.4 Å². The lowest BCUT2D eigenvalue weighted by Crippen LogP contribution is -2.20. The molecule has 3 rings (SSSR count). The SMILES string of the molecule is O=C(O)c1ccc2nc(N3C=CNC3)[nH]c2c1. The van der Waals surface area contributed by atoms with Gasteiger partial charge in [-0.15, -0.1) is 0 Å². The van der Waals surface area contributed by atoms with Gasteiger partial charge in [-0.2, -0.15) is 0 Å². The molecule has 0 amide bonds. The lowest BCUT2D eigenvalue weighted by Gasteiger charge is -2.09. The number of nitrogens with one attached hydrogen (secondary N) is 2. The van der Waals surface area contributed by atoms with E-state index >= 15 is 0 Å². The van der Waals surface area contributed by atoms with Crippen LogP contribution in [0.2, 0.25) is 0 Å². The van der Waals surface area contributed by atoms with E-state index in [1.54, 1.807) is 18.2 Å². The minimum Gasteiger partial charge on any atom is -0.478 e. The summed E-state index contributed by atoms with van der Waals surface area (Å²) in [6.45, 7) is 0.658. The number of fused-ring (bicyclic) bond motifs is 1. The first kappa shape index (κ1) is 9.71. The van der Waals surface area contributed by atoms with E-state index in [4.69, 9.17) is 5.11 Å². The molecule has 0 bridgehead atoms. The Bertz CT molecular complexity index is 617. The van der Waals surface area contributed by atoms with Gasteiger partial charge in [-0.3, -0.25) is 4.90 Å². The molecule has 1 aromatic carbocycles. The molecule has 2 aromatic rings. The number of aromatic amines is 1. The fraction of sp³-hybridized carbons (Fsp3) is 0.0909. The zero-order valence-electron chi connectivity index (χ0n) is 8.84. The van der Waals surface area contributed by atoms with Crippen molar-refractivity contribution in [2.45, 2.75) is 0 Å². The van der Waals surface area contributed by atoms with Gasteiger partial charge in [0.1, 0.15) is 0 Å². The summed E-state index contributed by atoms with van der Waals surface area (Å²) in [5.74, 6) is -0.241. The van der Waals surface area contributed by atoms with Crippen LogP contribution in [0.25, 0.3) is 11.0 Å². The van der Waals surface area contributed by atoms with Crippen molar-refractivity contribution in [1.82, 2.24) is 15.3 Å². The third-order valence-electron chi connectivity index (χ3n) is 2.62. The van der Waals surface area contributed by atoms with Crippen molar-refractivity contribution < 1.29 is 9.90 Å². The zero-order valence-corrected chi connectivity index (χ0v) is 8.84. The van der Waals surface area contributed by atoms with E-state index < -0.39 is 5.97 Å². The molecular formula is C11H10N4O2. The Hall–Kier alpha value is -2.50. The highest BCUT2D eigenvalue weighted by molar-refractivity contribution is 5.92. The Kier molecular flexibility index (Phi) is 2.01. The maximum atomic E-state index is 10.8. The average molecular weight is 230 g/mol. The molecule has 6 heteroatoms. The van der Waals surface area contributed by atoms with E-state index in [9.17, 15) is 4.79 Å². The summed E-state index contributed by atoms with van der Waals surface area (Å²) >= 11 is 0. The molecule has 17 heavy (non-hydrogen) atoms. The number of carboxylic acid groups (broad SMARTS) is 1. The lowest BCUT2D eigenvalue weighted by atomic mass is 10.2. The maximum absolute atomic E-state index is 10.8. The minimum absolute atomic E-state index is 0.253. The van der Waals surface area contributed by atoms with Crippen molar-refractivity contribution in [3.63, 3.8) is 0 Å². The van der Waals surface area contributed by atoms with E-state index in [1.807, 2.05) is 17.3 Å². The Morgan fingerprint density at radius 3 is 3.06 bits per heavy atom. The molecule has 3 N–H and O–H groups in total. The highest BCUT2D eigenvalue weighted by Gasteiger charge is 2.12. The van der Waals surface area contributed by atoms with Crippen molar-refractivity contribution in [1.29, 1.82) is 0 Å². The van der Waals surface area contributed by atoms with Crippen LogP contribution in [0.3, 0.4) is 0 Å². The molecule has 0 radical (unpaired) electrons. The number of hydrogen-bond acceptors (Lipinski definition) is 4. The molecule has 0 aliphatic carbocycles. The van der Waals surface area contributed by atoms with Gasteiger partial charge in [0, 0.05) is 12.4 Å². The van der Waals surface area contributed by atoms with Gasteiger partial charge in [-0.1, -0.05) is 0 Å². The first-order valence-corrected chi connectivity index (χ1v) is 5.14. The molecule has 0 saturated heterocycles. The second-order valence-electron chi connectivity index (χ2n) is 3.75. The van der Waals surface area contributed by atoms with E-state index in [2.05, 4.69) is 15.3 Å². The molecule has 86 valence electrons. The molecular weight excluding hydrogens is 220 g/mol. The first-order valence-electron chi connectivity index (χ1n) is 5.14. The van der Waals surface area contributed by atoms with Crippen molar-refractivity contribution in [2.75, 3.05) is 11.6 Å². The summed E-state index contributed by atoms with van der Waals surface area (Å²) in [4.78, 5) is 20.2. The maximum Gasteiger partial charge on any atom is 0.335 e. The molecule has 6 nitrogen and oxygen atoms in total. The lowest BCUT2D eigenvalue weighted by molar-refractivity contribution is 0.0697. The average Bonchev–Trinajstić information content (AvgIpc) is 2.96. The molecule has 2 heterocycles. The number of carbonyl (C=O) groups is 1. The molecule has 0 fully saturated rings. The van der Waals surface area contributed by atoms with Gasteiger partial charge in [0.05, 0.1) is 23.3 Å². The number of rotatable bonds is 2. The molecule has 0 unspecified atom stereocenters. The van der Waals surface area contributed by atoms with Crippen molar-refractivity contribution in [2.24, 2.45) is 0 Å². The summed E-state index contributed by atoms with van der Waals surface area (Å²) in [6, 6.07) is 4.83. The Labute approximate surface area is 96.6 Å². The van der Waals surface area contributed by atoms with Crippen LogP contribution in [0, 0.1) is 0 Å². The number of imidazole rings is 1. The van der Waals surface area contributed by atoms with E-state index in [-0.39, 0.29) is 5.56 Å². The number of nitrogens with zero attached hydrogens (tertiary/aromatic N) is 2. The third kappa shape index (κ3) is 1.59. The van der Waals surface area contributed by atoms with Crippen LogP contribution < -0.4 is 10.2 Å². The van der Waals surface area contributed by atoms with Gasteiger partial charge in [-0.25, -0.2) is 9.78 Å². The van der Waals surface area contributed by atoms with Gasteiger partial charge >= 0.3 is 5.97 Å². The molecule has 1 aliphatic rings. The predicted molar refractivity (Wildman–Crippen MR) is 62.7 cm³/mol. The Balaban J connectivity index is 2.06. The number of benzene rings is 1. The summed E-state index contributed by atoms with van der Waals surface area (Å²) in [7, 11) is 0. The molecule has 0 saturated carbocycles. The van der Waals surface area contributed by atoms with Crippen LogP contribution >= 0.6 is 0 Å². The first-order chi connectivity index (χ1) is 8.24. The van der Waals surface area contributed by atoms with Crippen LogP contribution in [0.15, 0.2) is 30.6 Å². The highest BCUT2D eigenvalue weighted by atomic mass is 16.4. The second-order valence-corrected chi connectivity index (χ2v) is 3.75. The van der Waals surface area contributed by atoms with Crippen LogP contribution in [-0.2, 0) is 0 Å². The van der Waals surface area contributed by atoms with Gasteiger partial charge in [0.25, 0.3) is 0 Å². The minimum atomic E-state index is -0.939. The normalized spacial score (nSPS) is 14.2. The number of carboxylic acids is 1. The number of aromatic nitrogens is 2. The molecule has 1 aromatic heterocycles. The fourth-order valence-corrected chi connectivity index (χ4v) is 1.76. The number of aromatic carboxylic acids is 1. The largest absolute Gasteiger partial charge is 0.478 e. The zero-order chi connectivity index (χ0) is 11.8. The highest BCUT2D eigenvalue weighted by Crippen LogP contribution is 2.19. The number of H-pyrrole nitrogens is 1. The predicted octanol–water partition coefficient (Wildman–Crippen LogP) is 1.10. The van der Waals surface area contributed by atoms with Crippen molar-refractivity contribution >= 4 is 23.0 Å². The second kappa shape index (κ2) is 3.51. The summed E-state index contributed by atoms with van der Waals surface area (Å²) in [5, 5.41) is 11.9. The summed E-state index contributed by atoms with van der Waals surface area (Å²) in [5.41, 5.74) is 1.73. The van der Waals surface area contributed by atoms with Gasteiger partial charge in [0.15, 0.2) is 0 Å². The van der Waals surface area contributed by atoms with E-state index in [1.165, 1.54) is 0 Å². The summed E-state index contributed by atoms with van der Waals surface area (Å²) in [6.07, 6.45) is 3.70. The summed E-state index contributed by atoms with van der Waals surface area (Å²) < 4.78 is 0. The molecule has 1 aliphatic heterocycles. The molecule has 0 atom stereocenters. The monoisotopic (exact) mass is 230 g/mol. The van der Waals surface area contributed by atoms with Crippen LogP contribution in [0.4, 0.5) is 5.95 Å². The van der Waals surface area contributed by atoms with Gasteiger partial charge in [0.2, 0.25) is 5.95 Å². The number of anilines is 1. The number of hydrogen-bond donors (Lipinski definition) is 3. The topological polar surface area (TPSA) is 81.2 Å². The fourth-order valence-electron chi connectivity index (χ4n) is 1.76. The van der Waals surface area contributed by atoms with Crippen LogP contribution in [-0.4, -0.2) is 27.7 Å². The smallest absolute Gasteiger partial charge is 0.335 e. The third-order valence-corrected chi connectivity index (χ3v) is 2.62. The standard InChI is InChI=1S/C11H10N4O2/c16-10(17)7-1-2-8-9(5-7)14-11(13-8)15-4-3-12-6-15/h1-5,12H,6H2,(H,13,14)(H,16,17). The molecule has 0 spiro atoms. The van der Waals surface area contributed by atoms with E-state index in [0.29, 0.717) is 12.6 Å². The quantitative estimate of drug-likeness (QED) is 0.719. The van der Waals surface area contributed by atoms with E-state index in [0.717, 1.165) is 11.0 Å².